The molecule has 0 aliphatic rings. The molecule has 2 aromatic rings. The highest BCUT2D eigenvalue weighted by Gasteiger charge is 2.17. The molecule has 0 amide bonds. The molecule has 0 bridgehead atoms. The van der Waals surface area contributed by atoms with E-state index >= 15 is 0 Å². The van der Waals surface area contributed by atoms with Gasteiger partial charge in [0.15, 0.2) is 0 Å². The van der Waals surface area contributed by atoms with Crippen molar-refractivity contribution < 1.29 is 4.39 Å². The maximum atomic E-state index is 13.5. The highest BCUT2D eigenvalue weighted by Crippen LogP contribution is 2.29. The Kier molecular flexibility index (Phi) is 5.99. The standard InChI is InChI=1S/C16H16BrFIN/c1-2-8-20-16(11-4-3-5-13(18)9-11)14-10-12(17)6-7-15(14)19/h3-7,9-10,16,20H,2,8H2,1H3. The Hall–Kier alpha value is -0.460. The summed E-state index contributed by atoms with van der Waals surface area (Å²) in [7, 11) is 0. The van der Waals surface area contributed by atoms with E-state index in [0.717, 1.165) is 23.0 Å². The molecule has 1 atom stereocenters. The number of halogens is 3. The van der Waals surface area contributed by atoms with Crippen LogP contribution < -0.4 is 5.32 Å². The molecule has 0 saturated carbocycles. The first-order valence-electron chi connectivity index (χ1n) is 6.55. The van der Waals surface area contributed by atoms with Gasteiger partial charge in [0.05, 0.1) is 6.04 Å². The van der Waals surface area contributed by atoms with E-state index < -0.39 is 0 Å². The van der Waals surface area contributed by atoms with E-state index in [4.69, 9.17) is 0 Å². The molecule has 106 valence electrons. The van der Waals surface area contributed by atoms with Crippen LogP contribution in [0.25, 0.3) is 0 Å². The molecule has 0 heterocycles. The highest BCUT2D eigenvalue weighted by atomic mass is 127. The van der Waals surface area contributed by atoms with Crippen LogP contribution in [0.2, 0.25) is 0 Å². The van der Waals surface area contributed by atoms with Crippen molar-refractivity contribution in [3.8, 4) is 0 Å². The number of nitrogens with one attached hydrogen (secondary N) is 1. The Balaban J connectivity index is 2.44. The van der Waals surface area contributed by atoms with Crippen molar-refractivity contribution in [2.24, 2.45) is 0 Å². The third kappa shape index (κ3) is 4.02. The van der Waals surface area contributed by atoms with Crippen molar-refractivity contribution in [1.82, 2.24) is 5.32 Å². The molecule has 1 nitrogen and oxygen atoms in total. The first kappa shape index (κ1) is 15.9. The second-order valence-electron chi connectivity index (χ2n) is 4.61. The molecule has 0 spiro atoms. The first-order valence-corrected chi connectivity index (χ1v) is 8.42. The lowest BCUT2D eigenvalue weighted by atomic mass is 9.98. The molecule has 1 N–H and O–H groups in total. The third-order valence-electron chi connectivity index (χ3n) is 3.05. The molecule has 1 unspecified atom stereocenters. The highest BCUT2D eigenvalue weighted by molar-refractivity contribution is 14.1. The van der Waals surface area contributed by atoms with Crippen LogP contribution in [0.3, 0.4) is 0 Å². The fraction of sp³-hybridized carbons (Fsp3) is 0.250. The van der Waals surface area contributed by atoms with Gasteiger partial charge in [0.2, 0.25) is 0 Å². The van der Waals surface area contributed by atoms with Crippen LogP contribution >= 0.6 is 38.5 Å². The van der Waals surface area contributed by atoms with Crippen LogP contribution in [0, 0.1) is 9.39 Å². The minimum absolute atomic E-state index is 0.00931. The van der Waals surface area contributed by atoms with E-state index in [1.54, 1.807) is 12.1 Å². The molecular weight excluding hydrogens is 432 g/mol. The molecule has 4 heteroatoms. The van der Waals surface area contributed by atoms with Crippen molar-refractivity contribution in [2.75, 3.05) is 6.54 Å². The van der Waals surface area contributed by atoms with Crippen LogP contribution in [-0.2, 0) is 0 Å². The van der Waals surface area contributed by atoms with Crippen LogP contribution in [0.1, 0.15) is 30.5 Å². The van der Waals surface area contributed by atoms with Crippen LogP contribution in [-0.4, -0.2) is 6.54 Å². The number of benzene rings is 2. The van der Waals surface area contributed by atoms with Crippen LogP contribution in [0.4, 0.5) is 4.39 Å². The van der Waals surface area contributed by atoms with E-state index in [0.29, 0.717) is 0 Å². The SMILES string of the molecule is CCCNC(c1cccc(F)c1)c1cc(Br)ccc1I. The van der Waals surface area contributed by atoms with Crippen molar-refractivity contribution in [1.29, 1.82) is 0 Å². The van der Waals surface area contributed by atoms with Gasteiger partial charge in [-0.05, 0) is 77.0 Å². The molecule has 0 radical (unpaired) electrons. The smallest absolute Gasteiger partial charge is 0.123 e. The third-order valence-corrected chi connectivity index (χ3v) is 4.53. The maximum absolute atomic E-state index is 13.5. The topological polar surface area (TPSA) is 12.0 Å². The van der Waals surface area contributed by atoms with Gasteiger partial charge >= 0.3 is 0 Å². The average Bonchev–Trinajstić information content (AvgIpc) is 2.43. The van der Waals surface area contributed by atoms with Gasteiger partial charge in [-0.1, -0.05) is 35.0 Å². The molecular formula is C16H16BrFIN. The van der Waals surface area contributed by atoms with Crippen LogP contribution in [0.5, 0.6) is 0 Å². The summed E-state index contributed by atoms with van der Waals surface area (Å²) in [5, 5.41) is 3.50. The summed E-state index contributed by atoms with van der Waals surface area (Å²) in [4.78, 5) is 0. The molecule has 2 rings (SSSR count). The van der Waals surface area contributed by atoms with Gasteiger partial charge in [-0.3, -0.25) is 0 Å². The largest absolute Gasteiger partial charge is 0.306 e. The van der Waals surface area contributed by atoms with Gasteiger partial charge in [-0.15, -0.1) is 0 Å². The van der Waals surface area contributed by atoms with Gasteiger partial charge in [-0.25, -0.2) is 4.39 Å². The number of hydrogen-bond acceptors (Lipinski definition) is 1. The monoisotopic (exact) mass is 447 g/mol. The molecule has 0 aliphatic heterocycles. The zero-order chi connectivity index (χ0) is 14.5. The minimum atomic E-state index is -0.198. The van der Waals surface area contributed by atoms with Crippen molar-refractivity contribution >= 4 is 38.5 Å². The first-order chi connectivity index (χ1) is 9.61. The summed E-state index contributed by atoms with van der Waals surface area (Å²) in [5.41, 5.74) is 2.12. The van der Waals surface area contributed by atoms with Gasteiger partial charge in [0.1, 0.15) is 5.82 Å². The lowest BCUT2D eigenvalue weighted by Gasteiger charge is -2.21. The Morgan fingerprint density at radius 2 is 2.05 bits per heavy atom. The van der Waals surface area contributed by atoms with Crippen molar-refractivity contribution in [3.05, 3.63) is 67.5 Å². The Morgan fingerprint density at radius 1 is 1.25 bits per heavy atom. The van der Waals surface area contributed by atoms with Gasteiger partial charge in [-0.2, -0.15) is 0 Å². The molecule has 20 heavy (non-hydrogen) atoms. The lowest BCUT2D eigenvalue weighted by Crippen LogP contribution is -2.24. The summed E-state index contributed by atoms with van der Waals surface area (Å²) >= 11 is 5.84. The van der Waals surface area contributed by atoms with E-state index in [2.05, 4.69) is 62.9 Å². The molecule has 0 aromatic heterocycles. The normalized spacial score (nSPS) is 12.4. The number of rotatable bonds is 5. The average molecular weight is 448 g/mol. The van der Waals surface area contributed by atoms with Gasteiger partial charge in [0.25, 0.3) is 0 Å². The fourth-order valence-corrected chi connectivity index (χ4v) is 3.14. The fourth-order valence-electron chi connectivity index (χ4n) is 2.12. The quantitative estimate of drug-likeness (QED) is 0.614. The summed E-state index contributed by atoms with van der Waals surface area (Å²) in [5.74, 6) is -0.198. The second kappa shape index (κ2) is 7.52. The predicted molar refractivity (Wildman–Crippen MR) is 93.4 cm³/mol. The van der Waals surface area contributed by atoms with E-state index in [-0.39, 0.29) is 11.9 Å². The Bertz CT molecular complexity index is 588. The van der Waals surface area contributed by atoms with E-state index in [9.17, 15) is 4.39 Å². The summed E-state index contributed by atoms with van der Waals surface area (Å²) in [6, 6.07) is 13.0. The molecule has 2 aromatic carbocycles. The molecule has 0 aliphatic carbocycles. The molecule has 0 fully saturated rings. The summed E-state index contributed by atoms with van der Waals surface area (Å²) < 4.78 is 15.7. The second-order valence-corrected chi connectivity index (χ2v) is 6.69. The molecule has 0 saturated heterocycles. The zero-order valence-corrected chi connectivity index (χ0v) is 14.9. The van der Waals surface area contributed by atoms with Crippen molar-refractivity contribution in [2.45, 2.75) is 19.4 Å². The van der Waals surface area contributed by atoms with Gasteiger partial charge in [0, 0.05) is 8.04 Å². The summed E-state index contributed by atoms with van der Waals surface area (Å²) in [6.45, 7) is 3.02. The Labute approximate surface area is 141 Å². The van der Waals surface area contributed by atoms with E-state index in [1.165, 1.54) is 15.2 Å². The van der Waals surface area contributed by atoms with Crippen molar-refractivity contribution in [3.63, 3.8) is 0 Å². The lowest BCUT2D eigenvalue weighted by molar-refractivity contribution is 0.584. The maximum Gasteiger partial charge on any atom is 0.123 e. The van der Waals surface area contributed by atoms with Crippen LogP contribution in [0.15, 0.2) is 46.9 Å². The number of hydrogen-bond donors (Lipinski definition) is 1. The van der Waals surface area contributed by atoms with Gasteiger partial charge < -0.3 is 5.32 Å². The Morgan fingerprint density at radius 3 is 2.75 bits per heavy atom. The van der Waals surface area contributed by atoms with E-state index in [1.807, 2.05) is 12.1 Å². The summed E-state index contributed by atoms with van der Waals surface area (Å²) in [6.07, 6.45) is 1.04. The minimum Gasteiger partial charge on any atom is -0.306 e. The predicted octanol–water partition coefficient (Wildman–Crippen LogP) is 5.28. The zero-order valence-electron chi connectivity index (χ0n) is 11.2.